The van der Waals surface area contributed by atoms with Gasteiger partial charge in [0.2, 0.25) is 5.91 Å². The number of amides is 1. The van der Waals surface area contributed by atoms with Crippen molar-refractivity contribution < 1.29 is 14.7 Å². The third-order valence-corrected chi connectivity index (χ3v) is 3.30. The van der Waals surface area contributed by atoms with Crippen molar-refractivity contribution in [2.24, 2.45) is 17.1 Å². The van der Waals surface area contributed by atoms with Gasteiger partial charge in [-0.3, -0.25) is 9.59 Å². The molecule has 0 bridgehead atoms. The maximum Gasteiger partial charge on any atom is 0.311 e. The Hall–Kier alpha value is -1.10. The van der Waals surface area contributed by atoms with Crippen molar-refractivity contribution in [2.45, 2.75) is 33.2 Å². The molecule has 0 spiro atoms. The fourth-order valence-electron chi connectivity index (χ4n) is 1.82. The van der Waals surface area contributed by atoms with Gasteiger partial charge in [-0.25, -0.2) is 0 Å². The van der Waals surface area contributed by atoms with Gasteiger partial charge in [0.1, 0.15) is 0 Å². The average molecular weight is 228 g/mol. The number of carbonyl (C=O) groups is 2. The SMILES string of the molecule is CC(C)[C@@H](N)C(=O)N1CCC(C)(C(=O)O)C1. The zero-order valence-corrected chi connectivity index (χ0v) is 10.1. The number of rotatable bonds is 3. The molecule has 16 heavy (non-hydrogen) atoms. The van der Waals surface area contributed by atoms with E-state index in [1.165, 1.54) is 0 Å². The summed E-state index contributed by atoms with van der Waals surface area (Å²) in [6, 6.07) is -0.531. The molecular weight excluding hydrogens is 208 g/mol. The summed E-state index contributed by atoms with van der Waals surface area (Å²) in [5, 5.41) is 9.05. The van der Waals surface area contributed by atoms with E-state index >= 15 is 0 Å². The van der Waals surface area contributed by atoms with E-state index in [2.05, 4.69) is 0 Å². The van der Waals surface area contributed by atoms with Crippen LogP contribution in [0.4, 0.5) is 0 Å². The van der Waals surface area contributed by atoms with E-state index in [9.17, 15) is 9.59 Å². The summed E-state index contributed by atoms with van der Waals surface area (Å²) in [4.78, 5) is 24.5. The molecule has 1 rings (SSSR count). The molecule has 0 aromatic heterocycles. The lowest BCUT2D eigenvalue weighted by Gasteiger charge is -2.24. The molecule has 0 radical (unpaired) electrons. The highest BCUT2D eigenvalue weighted by Crippen LogP contribution is 2.30. The molecule has 0 saturated carbocycles. The van der Waals surface area contributed by atoms with E-state index in [1.54, 1.807) is 11.8 Å². The van der Waals surface area contributed by atoms with E-state index in [-0.39, 0.29) is 18.4 Å². The molecule has 1 amide bonds. The van der Waals surface area contributed by atoms with Crippen LogP contribution in [0.25, 0.3) is 0 Å². The number of carbonyl (C=O) groups excluding carboxylic acids is 1. The van der Waals surface area contributed by atoms with Crippen LogP contribution in [0.3, 0.4) is 0 Å². The number of aliphatic carboxylic acids is 1. The molecule has 1 aliphatic rings. The first-order valence-corrected chi connectivity index (χ1v) is 5.56. The number of nitrogens with two attached hydrogens (primary N) is 1. The summed E-state index contributed by atoms with van der Waals surface area (Å²) < 4.78 is 0. The summed E-state index contributed by atoms with van der Waals surface area (Å²) in [6.07, 6.45) is 0.499. The highest BCUT2D eigenvalue weighted by atomic mass is 16.4. The van der Waals surface area contributed by atoms with Crippen molar-refractivity contribution in [2.75, 3.05) is 13.1 Å². The predicted molar refractivity (Wildman–Crippen MR) is 59.8 cm³/mol. The second-order valence-electron chi connectivity index (χ2n) is 5.15. The smallest absolute Gasteiger partial charge is 0.311 e. The molecule has 5 heteroatoms. The second kappa shape index (κ2) is 4.41. The molecule has 92 valence electrons. The van der Waals surface area contributed by atoms with E-state index in [0.717, 1.165) is 0 Å². The first-order chi connectivity index (χ1) is 7.28. The van der Waals surface area contributed by atoms with Crippen LogP contribution in [-0.2, 0) is 9.59 Å². The van der Waals surface area contributed by atoms with E-state index < -0.39 is 17.4 Å². The van der Waals surface area contributed by atoms with Crippen LogP contribution in [0.5, 0.6) is 0 Å². The highest BCUT2D eigenvalue weighted by Gasteiger charge is 2.43. The predicted octanol–water partition coefficient (Wildman–Crippen LogP) is 0.293. The Morgan fingerprint density at radius 1 is 1.44 bits per heavy atom. The van der Waals surface area contributed by atoms with Crippen LogP contribution in [0.15, 0.2) is 0 Å². The third-order valence-electron chi connectivity index (χ3n) is 3.30. The number of likely N-dealkylation sites (tertiary alicyclic amines) is 1. The number of carboxylic acids is 1. The lowest BCUT2D eigenvalue weighted by Crippen LogP contribution is -2.46. The van der Waals surface area contributed by atoms with Gasteiger partial charge in [-0.05, 0) is 19.3 Å². The van der Waals surface area contributed by atoms with Crippen LogP contribution in [0.2, 0.25) is 0 Å². The average Bonchev–Trinajstić information content (AvgIpc) is 2.60. The largest absolute Gasteiger partial charge is 0.481 e. The Balaban J connectivity index is 2.67. The van der Waals surface area contributed by atoms with Gasteiger partial charge in [-0.2, -0.15) is 0 Å². The Labute approximate surface area is 95.6 Å². The van der Waals surface area contributed by atoms with Crippen LogP contribution >= 0.6 is 0 Å². The fraction of sp³-hybridized carbons (Fsp3) is 0.818. The normalized spacial score (nSPS) is 27.2. The minimum Gasteiger partial charge on any atom is -0.481 e. The summed E-state index contributed by atoms with van der Waals surface area (Å²) in [6.45, 7) is 6.19. The Kier molecular flexibility index (Phi) is 3.57. The fourth-order valence-corrected chi connectivity index (χ4v) is 1.82. The maximum absolute atomic E-state index is 11.9. The summed E-state index contributed by atoms with van der Waals surface area (Å²) in [7, 11) is 0. The van der Waals surface area contributed by atoms with Gasteiger partial charge in [0, 0.05) is 13.1 Å². The van der Waals surface area contributed by atoms with Gasteiger partial charge in [-0.15, -0.1) is 0 Å². The Morgan fingerprint density at radius 2 is 2.00 bits per heavy atom. The molecule has 2 atom stereocenters. The zero-order valence-electron chi connectivity index (χ0n) is 10.1. The molecule has 1 heterocycles. The first-order valence-electron chi connectivity index (χ1n) is 5.56. The molecule has 3 N–H and O–H groups in total. The zero-order chi connectivity index (χ0) is 12.5. The Bertz CT molecular complexity index is 304. The molecule has 1 saturated heterocycles. The van der Waals surface area contributed by atoms with Gasteiger partial charge in [0.15, 0.2) is 0 Å². The minimum atomic E-state index is -0.846. The van der Waals surface area contributed by atoms with Crippen molar-refractivity contribution in [1.82, 2.24) is 4.90 Å². The number of nitrogens with zero attached hydrogens (tertiary/aromatic N) is 1. The standard InChI is InChI=1S/C11H20N2O3/c1-7(2)8(12)9(14)13-5-4-11(3,6-13)10(15)16/h7-8H,4-6,12H2,1-3H3,(H,15,16)/t8-,11?/m1/s1. The van der Waals surface area contributed by atoms with Crippen molar-refractivity contribution in [3.8, 4) is 0 Å². The van der Waals surface area contributed by atoms with Gasteiger partial charge in [0.25, 0.3) is 0 Å². The molecule has 1 fully saturated rings. The molecule has 0 aromatic carbocycles. The second-order valence-corrected chi connectivity index (χ2v) is 5.15. The van der Waals surface area contributed by atoms with Crippen LogP contribution < -0.4 is 5.73 Å². The number of hydrogen-bond acceptors (Lipinski definition) is 3. The van der Waals surface area contributed by atoms with E-state index in [4.69, 9.17) is 10.8 Å². The van der Waals surface area contributed by atoms with E-state index in [1.807, 2.05) is 13.8 Å². The molecule has 1 aliphatic heterocycles. The number of carboxylic acid groups (broad SMARTS) is 1. The van der Waals surface area contributed by atoms with E-state index in [0.29, 0.717) is 13.0 Å². The van der Waals surface area contributed by atoms with Crippen molar-refractivity contribution in [3.05, 3.63) is 0 Å². The first kappa shape index (κ1) is 13.0. The van der Waals surface area contributed by atoms with Gasteiger partial charge in [0.05, 0.1) is 11.5 Å². The third kappa shape index (κ3) is 2.35. The maximum atomic E-state index is 11.9. The molecule has 5 nitrogen and oxygen atoms in total. The van der Waals surface area contributed by atoms with Gasteiger partial charge >= 0.3 is 5.97 Å². The molecule has 0 aromatic rings. The quantitative estimate of drug-likeness (QED) is 0.727. The van der Waals surface area contributed by atoms with Crippen molar-refractivity contribution >= 4 is 11.9 Å². The number of hydrogen-bond donors (Lipinski definition) is 2. The van der Waals surface area contributed by atoms with Gasteiger partial charge in [-0.1, -0.05) is 13.8 Å². The van der Waals surface area contributed by atoms with Crippen LogP contribution in [0, 0.1) is 11.3 Å². The summed E-state index contributed by atoms with van der Waals surface area (Å²) >= 11 is 0. The monoisotopic (exact) mass is 228 g/mol. The molecular formula is C11H20N2O3. The van der Waals surface area contributed by atoms with Crippen molar-refractivity contribution in [1.29, 1.82) is 0 Å². The van der Waals surface area contributed by atoms with Gasteiger partial charge < -0.3 is 15.7 Å². The lowest BCUT2D eigenvalue weighted by molar-refractivity contribution is -0.147. The highest BCUT2D eigenvalue weighted by molar-refractivity contribution is 5.84. The van der Waals surface area contributed by atoms with Crippen LogP contribution in [0.1, 0.15) is 27.2 Å². The minimum absolute atomic E-state index is 0.0733. The molecule has 1 unspecified atom stereocenters. The topological polar surface area (TPSA) is 83.6 Å². The molecule has 0 aliphatic carbocycles. The van der Waals surface area contributed by atoms with Crippen LogP contribution in [-0.4, -0.2) is 41.0 Å². The van der Waals surface area contributed by atoms with Crippen molar-refractivity contribution in [3.63, 3.8) is 0 Å². The summed E-state index contributed by atoms with van der Waals surface area (Å²) in [5.41, 5.74) is 4.95. The Morgan fingerprint density at radius 3 is 2.38 bits per heavy atom. The lowest BCUT2D eigenvalue weighted by atomic mass is 9.90. The summed E-state index contributed by atoms with van der Waals surface area (Å²) in [5.74, 6) is -0.912.